The minimum absolute atomic E-state index is 0.0752. The van der Waals surface area contributed by atoms with E-state index in [2.05, 4.69) is 32.6 Å². The van der Waals surface area contributed by atoms with Gasteiger partial charge in [0.25, 0.3) is 0 Å². The van der Waals surface area contributed by atoms with E-state index in [0.29, 0.717) is 23.2 Å². The Labute approximate surface area is 113 Å². The van der Waals surface area contributed by atoms with E-state index in [1.807, 2.05) is 0 Å². The van der Waals surface area contributed by atoms with Crippen LogP contribution < -0.4 is 0 Å². The van der Waals surface area contributed by atoms with E-state index in [9.17, 15) is 5.11 Å². The third-order valence-electron chi connectivity index (χ3n) is 5.09. The predicted octanol–water partition coefficient (Wildman–Crippen LogP) is 3.15. The van der Waals surface area contributed by atoms with Crippen molar-refractivity contribution in [3.63, 3.8) is 0 Å². The van der Waals surface area contributed by atoms with Gasteiger partial charge in [0.15, 0.2) is 0 Å². The number of aliphatic hydroxyl groups excluding tert-OH is 1. The Bertz CT molecular complexity index is 264. The molecular formula is C16H31NO. The highest BCUT2D eigenvalue weighted by Gasteiger charge is 2.35. The van der Waals surface area contributed by atoms with Gasteiger partial charge in [-0.3, -0.25) is 0 Å². The van der Waals surface area contributed by atoms with Crippen LogP contribution in [0.15, 0.2) is 0 Å². The molecule has 2 nitrogen and oxygen atoms in total. The molecular weight excluding hydrogens is 222 g/mol. The first kappa shape index (κ1) is 14.3. The second kappa shape index (κ2) is 5.50. The van der Waals surface area contributed by atoms with Crippen LogP contribution in [0.5, 0.6) is 0 Å². The zero-order chi connectivity index (χ0) is 13.3. The molecule has 2 heteroatoms. The van der Waals surface area contributed by atoms with Gasteiger partial charge in [0.1, 0.15) is 0 Å². The predicted molar refractivity (Wildman–Crippen MR) is 76.5 cm³/mol. The number of nitrogens with zero attached hydrogens (tertiary/aromatic N) is 1. The second-order valence-electron chi connectivity index (χ2n) is 7.79. The van der Waals surface area contributed by atoms with E-state index in [4.69, 9.17) is 0 Å². The fraction of sp³-hybridized carbons (Fsp3) is 1.00. The molecule has 0 bridgehead atoms. The molecule has 1 aliphatic heterocycles. The van der Waals surface area contributed by atoms with Crippen LogP contribution in [-0.2, 0) is 0 Å². The van der Waals surface area contributed by atoms with Crippen molar-refractivity contribution in [3.8, 4) is 0 Å². The van der Waals surface area contributed by atoms with Crippen molar-refractivity contribution in [1.29, 1.82) is 0 Å². The number of piperidine rings is 1. The van der Waals surface area contributed by atoms with E-state index >= 15 is 0 Å². The number of hydrogen-bond acceptors (Lipinski definition) is 2. The van der Waals surface area contributed by atoms with Crippen molar-refractivity contribution in [2.45, 2.75) is 59.5 Å². The molecule has 18 heavy (non-hydrogen) atoms. The molecule has 2 aliphatic rings. The summed E-state index contributed by atoms with van der Waals surface area (Å²) in [6, 6.07) is 0. The largest absolute Gasteiger partial charge is 0.393 e. The lowest BCUT2D eigenvalue weighted by Crippen LogP contribution is -2.47. The van der Waals surface area contributed by atoms with Gasteiger partial charge in [0.2, 0.25) is 0 Å². The maximum atomic E-state index is 10.3. The molecule has 0 aromatic carbocycles. The van der Waals surface area contributed by atoms with Crippen LogP contribution in [0, 0.1) is 23.2 Å². The van der Waals surface area contributed by atoms with Crippen molar-refractivity contribution < 1.29 is 5.11 Å². The van der Waals surface area contributed by atoms with Gasteiger partial charge in [-0.2, -0.15) is 0 Å². The van der Waals surface area contributed by atoms with E-state index in [0.717, 1.165) is 13.0 Å². The quantitative estimate of drug-likeness (QED) is 0.817. The van der Waals surface area contributed by atoms with Crippen LogP contribution in [0.4, 0.5) is 0 Å². The van der Waals surface area contributed by atoms with E-state index < -0.39 is 0 Å². The molecule has 1 saturated carbocycles. The first-order valence-electron chi connectivity index (χ1n) is 7.78. The standard InChI is InChI=1S/C16H31NO/c1-12-8-13(2)14(15(18)9-12)10-17-7-5-6-16(3,4)11-17/h12-15,18H,5-11H2,1-4H3. The van der Waals surface area contributed by atoms with Crippen LogP contribution in [0.25, 0.3) is 0 Å². The average molecular weight is 253 g/mol. The zero-order valence-electron chi connectivity index (χ0n) is 12.7. The lowest BCUT2D eigenvalue weighted by molar-refractivity contribution is -0.0142. The monoisotopic (exact) mass is 253 g/mol. The molecule has 1 N–H and O–H groups in total. The number of rotatable bonds is 2. The van der Waals surface area contributed by atoms with Crippen molar-refractivity contribution >= 4 is 0 Å². The van der Waals surface area contributed by atoms with Crippen molar-refractivity contribution in [3.05, 3.63) is 0 Å². The first-order valence-corrected chi connectivity index (χ1v) is 7.78. The third-order valence-corrected chi connectivity index (χ3v) is 5.09. The highest BCUT2D eigenvalue weighted by Crippen LogP contribution is 2.36. The smallest absolute Gasteiger partial charge is 0.0585 e. The van der Waals surface area contributed by atoms with Gasteiger partial charge < -0.3 is 10.0 Å². The van der Waals surface area contributed by atoms with Crippen LogP contribution in [-0.4, -0.2) is 35.7 Å². The first-order chi connectivity index (χ1) is 8.37. The summed E-state index contributed by atoms with van der Waals surface area (Å²) in [5, 5.41) is 10.3. The Balaban J connectivity index is 1.92. The van der Waals surface area contributed by atoms with Crippen molar-refractivity contribution in [2.24, 2.45) is 23.2 Å². The summed E-state index contributed by atoms with van der Waals surface area (Å²) in [6.45, 7) is 12.9. The summed E-state index contributed by atoms with van der Waals surface area (Å²) >= 11 is 0. The van der Waals surface area contributed by atoms with Crippen molar-refractivity contribution in [2.75, 3.05) is 19.6 Å². The normalized spacial score (nSPS) is 41.8. The topological polar surface area (TPSA) is 23.5 Å². The maximum absolute atomic E-state index is 10.3. The minimum atomic E-state index is -0.0752. The van der Waals surface area contributed by atoms with Gasteiger partial charge >= 0.3 is 0 Å². The molecule has 4 atom stereocenters. The Morgan fingerprint density at radius 3 is 2.56 bits per heavy atom. The van der Waals surface area contributed by atoms with E-state index in [1.165, 1.54) is 32.4 Å². The van der Waals surface area contributed by atoms with Gasteiger partial charge in [-0.05, 0) is 49.5 Å². The molecule has 0 radical (unpaired) electrons. The molecule has 0 amide bonds. The molecule has 0 spiro atoms. The Kier molecular flexibility index (Phi) is 4.38. The summed E-state index contributed by atoms with van der Waals surface area (Å²) in [6.07, 6.45) is 4.89. The van der Waals surface area contributed by atoms with Gasteiger partial charge in [-0.25, -0.2) is 0 Å². The van der Waals surface area contributed by atoms with E-state index in [1.54, 1.807) is 0 Å². The molecule has 0 aromatic rings. The minimum Gasteiger partial charge on any atom is -0.393 e. The van der Waals surface area contributed by atoms with Gasteiger partial charge in [0.05, 0.1) is 6.10 Å². The van der Waals surface area contributed by atoms with E-state index in [-0.39, 0.29) is 6.10 Å². The molecule has 1 heterocycles. The number of aliphatic hydroxyl groups is 1. The molecule has 0 aromatic heterocycles. The average Bonchev–Trinajstić information content (AvgIpc) is 2.22. The summed E-state index contributed by atoms with van der Waals surface area (Å²) in [5.74, 6) is 1.87. The summed E-state index contributed by atoms with van der Waals surface area (Å²) < 4.78 is 0. The molecule has 106 valence electrons. The zero-order valence-corrected chi connectivity index (χ0v) is 12.7. The van der Waals surface area contributed by atoms with Gasteiger partial charge in [-0.1, -0.05) is 27.7 Å². The molecule has 4 unspecified atom stereocenters. The third kappa shape index (κ3) is 3.48. The SMILES string of the molecule is CC1CC(C)C(CN2CCCC(C)(C)C2)C(O)C1. The maximum Gasteiger partial charge on any atom is 0.0585 e. The Morgan fingerprint density at radius 1 is 1.22 bits per heavy atom. The van der Waals surface area contributed by atoms with Gasteiger partial charge in [-0.15, -0.1) is 0 Å². The van der Waals surface area contributed by atoms with Crippen LogP contribution in [0.3, 0.4) is 0 Å². The summed E-state index contributed by atoms with van der Waals surface area (Å²) in [7, 11) is 0. The Morgan fingerprint density at radius 2 is 1.94 bits per heavy atom. The fourth-order valence-electron chi connectivity index (χ4n) is 4.17. The Hall–Kier alpha value is -0.0800. The molecule has 1 aliphatic carbocycles. The summed E-state index contributed by atoms with van der Waals surface area (Å²) in [4.78, 5) is 2.60. The highest BCUT2D eigenvalue weighted by atomic mass is 16.3. The van der Waals surface area contributed by atoms with Crippen LogP contribution >= 0.6 is 0 Å². The molecule has 1 saturated heterocycles. The highest BCUT2D eigenvalue weighted by molar-refractivity contribution is 4.87. The number of likely N-dealkylation sites (tertiary alicyclic amines) is 1. The van der Waals surface area contributed by atoms with Crippen LogP contribution in [0.2, 0.25) is 0 Å². The fourth-order valence-corrected chi connectivity index (χ4v) is 4.17. The second-order valence-corrected chi connectivity index (χ2v) is 7.79. The molecule has 2 rings (SSSR count). The lowest BCUT2D eigenvalue weighted by atomic mass is 9.73. The number of hydrogen-bond donors (Lipinski definition) is 1. The van der Waals surface area contributed by atoms with Crippen molar-refractivity contribution in [1.82, 2.24) is 4.90 Å². The summed E-state index contributed by atoms with van der Waals surface area (Å²) in [5.41, 5.74) is 0.467. The van der Waals surface area contributed by atoms with Gasteiger partial charge in [0, 0.05) is 19.0 Å². The molecule has 2 fully saturated rings. The lowest BCUT2D eigenvalue weighted by Gasteiger charge is -2.44. The van der Waals surface area contributed by atoms with Crippen LogP contribution in [0.1, 0.15) is 53.4 Å².